The molecular formula is C12H14N4OS. The van der Waals surface area contributed by atoms with Crippen molar-refractivity contribution >= 4 is 24.2 Å². The minimum Gasteiger partial charge on any atom is -0.323 e. The van der Waals surface area contributed by atoms with Crippen molar-refractivity contribution in [3.63, 3.8) is 0 Å². The summed E-state index contributed by atoms with van der Waals surface area (Å²) in [7, 11) is 1.81. The smallest absolute Gasteiger partial charge is 0.225 e. The number of carbonyl (C=O) groups excluding carboxylic acids is 1. The highest BCUT2D eigenvalue weighted by Gasteiger charge is 2.13. The zero-order valence-corrected chi connectivity index (χ0v) is 10.9. The molecule has 0 atom stereocenters. The first-order valence-electron chi connectivity index (χ1n) is 5.56. The van der Waals surface area contributed by atoms with Gasteiger partial charge in [-0.2, -0.15) is 17.7 Å². The highest BCUT2D eigenvalue weighted by Crippen LogP contribution is 2.24. The van der Waals surface area contributed by atoms with Crippen LogP contribution in [0.3, 0.4) is 0 Å². The number of nitrogens with one attached hydrogen (secondary N) is 1. The van der Waals surface area contributed by atoms with Crippen molar-refractivity contribution in [3.05, 3.63) is 30.6 Å². The Morgan fingerprint density at radius 2 is 2.33 bits per heavy atom. The average molecular weight is 262 g/mol. The molecule has 0 unspecified atom stereocenters. The lowest BCUT2D eigenvalue weighted by atomic mass is 10.2. The van der Waals surface area contributed by atoms with Crippen molar-refractivity contribution in [2.75, 3.05) is 11.1 Å². The van der Waals surface area contributed by atoms with Crippen molar-refractivity contribution in [1.82, 2.24) is 14.8 Å². The first-order chi connectivity index (χ1) is 8.70. The average Bonchev–Trinajstić information content (AvgIpc) is 2.71. The maximum atomic E-state index is 11.6. The van der Waals surface area contributed by atoms with Crippen LogP contribution in [0.5, 0.6) is 0 Å². The van der Waals surface area contributed by atoms with Crippen molar-refractivity contribution in [2.24, 2.45) is 7.05 Å². The molecule has 0 radical (unpaired) electrons. The molecule has 0 saturated carbocycles. The van der Waals surface area contributed by atoms with E-state index in [0.717, 1.165) is 5.69 Å². The summed E-state index contributed by atoms with van der Waals surface area (Å²) < 4.78 is 1.65. The number of anilines is 1. The van der Waals surface area contributed by atoms with Crippen LogP contribution in [0, 0.1) is 0 Å². The van der Waals surface area contributed by atoms with Gasteiger partial charge in [0, 0.05) is 25.9 Å². The molecule has 94 valence electrons. The van der Waals surface area contributed by atoms with Gasteiger partial charge in [0.1, 0.15) is 5.69 Å². The normalized spacial score (nSPS) is 10.3. The van der Waals surface area contributed by atoms with Crippen LogP contribution in [0.15, 0.2) is 30.6 Å². The summed E-state index contributed by atoms with van der Waals surface area (Å²) in [6, 6.07) is 5.58. The van der Waals surface area contributed by atoms with Gasteiger partial charge in [-0.1, -0.05) is 6.07 Å². The zero-order chi connectivity index (χ0) is 13.0. The predicted molar refractivity (Wildman–Crippen MR) is 73.5 cm³/mol. The van der Waals surface area contributed by atoms with Gasteiger partial charge in [0.2, 0.25) is 5.91 Å². The van der Waals surface area contributed by atoms with Gasteiger partial charge in [-0.25, -0.2) is 0 Å². The van der Waals surface area contributed by atoms with Crippen LogP contribution in [0.25, 0.3) is 11.4 Å². The molecule has 0 aliphatic rings. The van der Waals surface area contributed by atoms with Gasteiger partial charge in [0.15, 0.2) is 0 Å². The summed E-state index contributed by atoms with van der Waals surface area (Å²) in [6.07, 6.45) is 3.84. The minimum absolute atomic E-state index is 0.0739. The van der Waals surface area contributed by atoms with E-state index in [1.807, 2.05) is 18.2 Å². The third-order valence-corrected chi connectivity index (χ3v) is 2.57. The van der Waals surface area contributed by atoms with E-state index in [1.165, 1.54) is 0 Å². The number of hydrogen-bond donors (Lipinski definition) is 2. The van der Waals surface area contributed by atoms with E-state index in [-0.39, 0.29) is 5.91 Å². The molecule has 1 N–H and O–H groups in total. The molecule has 0 aromatic carbocycles. The molecule has 0 bridgehead atoms. The van der Waals surface area contributed by atoms with Crippen molar-refractivity contribution in [2.45, 2.75) is 6.42 Å². The number of rotatable bonds is 4. The SMILES string of the molecule is Cn1cc(NC(=O)CCS)c(-c2ccccn2)n1. The Hall–Kier alpha value is -1.82. The number of amides is 1. The molecule has 1 amide bonds. The van der Waals surface area contributed by atoms with Crippen LogP contribution in [0.1, 0.15) is 6.42 Å². The lowest BCUT2D eigenvalue weighted by Crippen LogP contribution is -2.11. The number of carbonyl (C=O) groups is 1. The molecule has 2 aromatic heterocycles. The number of aromatic nitrogens is 3. The van der Waals surface area contributed by atoms with E-state index in [2.05, 4.69) is 28.0 Å². The van der Waals surface area contributed by atoms with Gasteiger partial charge in [0.25, 0.3) is 0 Å². The lowest BCUT2D eigenvalue weighted by Gasteiger charge is -2.03. The standard InChI is InChI=1S/C12H14N4OS/c1-16-8-10(14-11(17)5-7-18)12(15-16)9-4-2-3-6-13-9/h2-4,6,8,18H,5,7H2,1H3,(H,14,17). The van der Waals surface area contributed by atoms with E-state index in [0.29, 0.717) is 23.6 Å². The number of pyridine rings is 1. The van der Waals surface area contributed by atoms with Gasteiger partial charge in [0.05, 0.1) is 11.4 Å². The molecule has 0 spiro atoms. The van der Waals surface area contributed by atoms with Gasteiger partial charge >= 0.3 is 0 Å². The highest BCUT2D eigenvalue weighted by molar-refractivity contribution is 7.80. The van der Waals surface area contributed by atoms with Crippen molar-refractivity contribution in [1.29, 1.82) is 0 Å². The molecule has 2 rings (SSSR count). The molecule has 2 heterocycles. The van der Waals surface area contributed by atoms with E-state index < -0.39 is 0 Å². The summed E-state index contributed by atoms with van der Waals surface area (Å²) in [5, 5.41) is 7.13. The van der Waals surface area contributed by atoms with Crippen molar-refractivity contribution < 1.29 is 4.79 Å². The fraction of sp³-hybridized carbons (Fsp3) is 0.250. The lowest BCUT2D eigenvalue weighted by molar-refractivity contribution is -0.115. The Kier molecular flexibility index (Phi) is 3.99. The van der Waals surface area contributed by atoms with Crippen LogP contribution in [-0.4, -0.2) is 26.4 Å². The monoisotopic (exact) mass is 262 g/mol. The number of nitrogens with zero attached hydrogens (tertiary/aromatic N) is 3. The molecule has 0 fully saturated rings. The highest BCUT2D eigenvalue weighted by atomic mass is 32.1. The summed E-state index contributed by atoms with van der Waals surface area (Å²) in [6.45, 7) is 0. The zero-order valence-electron chi connectivity index (χ0n) is 10.00. The fourth-order valence-electron chi connectivity index (χ4n) is 1.59. The van der Waals surface area contributed by atoms with Gasteiger partial charge in [-0.3, -0.25) is 14.5 Å². The van der Waals surface area contributed by atoms with Crippen LogP contribution >= 0.6 is 12.6 Å². The molecular weight excluding hydrogens is 248 g/mol. The maximum Gasteiger partial charge on any atom is 0.225 e. The predicted octanol–water partition coefficient (Wildman–Crippen LogP) is 1.74. The number of thiol groups is 1. The van der Waals surface area contributed by atoms with Crippen LogP contribution in [0.2, 0.25) is 0 Å². The van der Waals surface area contributed by atoms with Gasteiger partial charge < -0.3 is 5.32 Å². The molecule has 2 aromatic rings. The Bertz CT molecular complexity index is 538. The summed E-state index contributed by atoms with van der Waals surface area (Å²) in [5.74, 6) is 0.445. The van der Waals surface area contributed by atoms with E-state index in [4.69, 9.17) is 0 Å². The Morgan fingerprint density at radius 3 is 3.00 bits per heavy atom. The minimum atomic E-state index is -0.0739. The van der Waals surface area contributed by atoms with E-state index in [1.54, 1.807) is 24.1 Å². The van der Waals surface area contributed by atoms with Gasteiger partial charge in [-0.15, -0.1) is 0 Å². The second kappa shape index (κ2) is 5.68. The topological polar surface area (TPSA) is 59.8 Å². The quantitative estimate of drug-likeness (QED) is 0.825. The largest absolute Gasteiger partial charge is 0.323 e. The molecule has 0 aliphatic heterocycles. The second-order valence-corrected chi connectivity index (χ2v) is 4.25. The molecule has 5 nitrogen and oxygen atoms in total. The van der Waals surface area contributed by atoms with Crippen LogP contribution in [-0.2, 0) is 11.8 Å². The van der Waals surface area contributed by atoms with Crippen molar-refractivity contribution in [3.8, 4) is 11.4 Å². The number of aryl methyl sites for hydroxylation is 1. The first kappa shape index (κ1) is 12.6. The summed E-state index contributed by atoms with van der Waals surface area (Å²) in [5.41, 5.74) is 2.08. The Morgan fingerprint density at radius 1 is 1.50 bits per heavy atom. The number of hydrogen-bond acceptors (Lipinski definition) is 4. The molecule has 18 heavy (non-hydrogen) atoms. The molecule has 0 aliphatic carbocycles. The fourth-order valence-corrected chi connectivity index (χ4v) is 1.79. The third kappa shape index (κ3) is 2.89. The maximum absolute atomic E-state index is 11.6. The third-order valence-electron chi connectivity index (χ3n) is 2.35. The summed E-state index contributed by atoms with van der Waals surface area (Å²) in [4.78, 5) is 15.8. The van der Waals surface area contributed by atoms with E-state index in [9.17, 15) is 4.79 Å². The van der Waals surface area contributed by atoms with Crippen LogP contribution < -0.4 is 5.32 Å². The molecule has 0 saturated heterocycles. The van der Waals surface area contributed by atoms with Crippen LogP contribution in [0.4, 0.5) is 5.69 Å². The van der Waals surface area contributed by atoms with Gasteiger partial charge in [-0.05, 0) is 17.9 Å². The Balaban J connectivity index is 2.29. The first-order valence-corrected chi connectivity index (χ1v) is 6.19. The summed E-state index contributed by atoms with van der Waals surface area (Å²) >= 11 is 4.03. The molecule has 6 heteroatoms. The Labute approximate surface area is 111 Å². The van der Waals surface area contributed by atoms with E-state index >= 15 is 0 Å². The second-order valence-electron chi connectivity index (χ2n) is 3.80.